The highest BCUT2D eigenvalue weighted by molar-refractivity contribution is 6.04. The average Bonchev–Trinajstić information content (AvgIpc) is 2.68. The third-order valence-electron chi connectivity index (χ3n) is 5.34. The van der Waals surface area contributed by atoms with Crippen molar-refractivity contribution >= 4 is 5.71 Å². The van der Waals surface area contributed by atoms with Crippen molar-refractivity contribution in [2.45, 2.75) is 31.9 Å². The van der Waals surface area contributed by atoms with E-state index in [1.165, 1.54) is 25.0 Å². The van der Waals surface area contributed by atoms with Crippen molar-refractivity contribution in [3.05, 3.63) is 71.5 Å². The zero-order valence-corrected chi connectivity index (χ0v) is 14.3. The molecule has 0 N–H and O–H groups in total. The number of hydrogen-bond donors (Lipinski definition) is 0. The van der Waals surface area contributed by atoms with Crippen molar-refractivity contribution in [1.29, 1.82) is 0 Å². The first-order chi connectivity index (χ1) is 12.3. The lowest BCUT2D eigenvalue weighted by Gasteiger charge is -2.45. The Kier molecular flexibility index (Phi) is 4.79. The molecule has 1 unspecified atom stereocenters. The van der Waals surface area contributed by atoms with Gasteiger partial charge in [0.1, 0.15) is 18.1 Å². The predicted octanol–water partition coefficient (Wildman–Crippen LogP) is 4.23. The minimum atomic E-state index is -0.223. The lowest BCUT2D eigenvalue weighted by molar-refractivity contribution is 0.0762. The summed E-state index contributed by atoms with van der Waals surface area (Å²) in [6.07, 6.45) is 3.67. The van der Waals surface area contributed by atoms with E-state index in [4.69, 9.17) is 4.84 Å². The summed E-state index contributed by atoms with van der Waals surface area (Å²) in [5, 5.41) is 4.51. The molecule has 0 spiro atoms. The van der Waals surface area contributed by atoms with E-state index in [1.807, 2.05) is 42.5 Å². The number of oxime groups is 1. The van der Waals surface area contributed by atoms with Crippen LogP contribution in [0.4, 0.5) is 4.39 Å². The van der Waals surface area contributed by atoms with Gasteiger partial charge in [0.15, 0.2) is 0 Å². The molecule has 0 aromatic heterocycles. The Morgan fingerprint density at radius 1 is 1.04 bits per heavy atom. The van der Waals surface area contributed by atoms with Crippen LogP contribution in [-0.2, 0) is 11.4 Å². The SMILES string of the molecule is Fc1ccc(/C(=N\OCc2ccccc2)C2CC3CCN2CC3)cc1. The van der Waals surface area contributed by atoms with E-state index < -0.39 is 0 Å². The van der Waals surface area contributed by atoms with Gasteiger partial charge in [-0.2, -0.15) is 0 Å². The van der Waals surface area contributed by atoms with Crippen molar-refractivity contribution in [2.75, 3.05) is 13.1 Å². The van der Waals surface area contributed by atoms with Gasteiger partial charge in [0.05, 0.1) is 6.04 Å². The Hall–Kier alpha value is -2.20. The fourth-order valence-corrected chi connectivity index (χ4v) is 3.93. The van der Waals surface area contributed by atoms with Crippen LogP contribution in [0.25, 0.3) is 0 Å². The van der Waals surface area contributed by atoms with Crippen molar-refractivity contribution in [3.8, 4) is 0 Å². The van der Waals surface area contributed by atoms with Crippen LogP contribution in [-0.4, -0.2) is 29.7 Å². The van der Waals surface area contributed by atoms with E-state index in [2.05, 4.69) is 10.1 Å². The molecule has 130 valence electrons. The molecule has 4 heteroatoms. The number of nitrogens with zero attached hydrogens (tertiary/aromatic N) is 2. The molecule has 3 fully saturated rings. The van der Waals surface area contributed by atoms with E-state index >= 15 is 0 Å². The van der Waals surface area contributed by atoms with E-state index in [-0.39, 0.29) is 11.9 Å². The summed E-state index contributed by atoms with van der Waals surface area (Å²) in [5.74, 6) is 0.550. The Morgan fingerprint density at radius 2 is 1.76 bits per heavy atom. The largest absolute Gasteiger partial charge is 0.391 e. The highest BCUT2D eigenvalue weighted by atomic mass is 19.1. The monoisotopic (exact) mass is 338 g/mol. The molecule has 5 rings (SSSR count). The molecule has 3 heterocycles. The molecule has 3 saturated heterocycles. The van der Waals surface area contributed by atoms with E-state index in [1.54, 1.807) is 0 Å². The van der Waals surface area contributed by atoms with E-state index in [0.717, 1.165) is 42.3 Å². The first-order valence-electron chi connectivity index (χ1n) is 9.03. The standard InChI is InChI=1S/C21H23FN2O/c22-19-8-6-18(7-9-19)21(20-14-16-10-12-24(20)13-11-16)23-25-15-17-4-2-1-3-5-17/h1-9,16,20H,10-15H2/b23-21+. The number of piperidine rings is 3. The molecule has 2 aromatic carbocycles. The van der Waals surface area contributed by atoms with Gasteiger partial charge >= 0.3 is 0 Å². The molecule has 1 atom stereocenters. The zero-order chi connectivity index (χ0) is 17.1. The molecular formula is C21H23FN2O. The first-order valence-corrected chi connectivity index (χ1v) is 9.03. The van der Waals surface area contributed by atoms with Crippen LogP contribution in [0, 0.1) is 11.7 Å². The van der Waals surface area contributed by atoms with Crippen molar-refractivity contribution in [1.82, 2.24) is 4.90 Å². The minimum absolute atomic E-state index is 0.223. The van der Waals surface area contributed by atoms with Crippen LogP contribution in [0.5, 0.6) is 0 Å². The average molecular weight is 338 g/mol. The quantitative estimate of drug-likeness (QED) is 0.602. The van der Waals surface area contributed by atoms with Gasteiger partial charge in [-0.1, -0.05) is 47.6 Å². The van der Waals surface area contributed by atoms with Crippen molar-refractivity contribution < 1.29 is 9.23 Å². The molecule has 0 amide bonds. The van der Waals surface area contributed by atoms with Gasteiger partial charge in [0.2, 0.25) is 0 Å². The molecule has 3 aliphatic rings. The Labute approximate surface area is 148 Å². The van der Waals surface area contributed by atoms with E-state index in [9.17, 15) is 4.39 Å². The predicted molar refractivity (Wildman–Crippen MR) is 96.9 cm³/mol. The number of hydrogen-bond acceptors (Lipinski definition) is 3. The summed E-state index contributed by atoms with van der Waals surface area (Å²) in [6, 6.07) is 16.9. The molecule has 2 bridgehead atoms. The fourth-order valence-electron chi connectivity index (χ4n) is 3.93. The van der Waals surface area contributed by atoms with Gasteiger partial charge in [0, 0.05) is 5.56 Å². The van der Waals surface area contributed by atoms with Crippen LogP contribution in [0.15, 0.2) is 59.8 Å². The van der Waals surface area contributed by atoms with Gasteiger partial charge in [-0.3, -0.25) is 4.90 Å². The maximum absolute atomic E-state index is 13.3. The highest BCUT2D eigenvalue weighted by Crippen LogP contribution is 2.33. The maximum Gasteiger partial charge on any atom is 0.142 e. The molecule has 3 aliphatic heterocycles. The lowest BCUT2D eigenvalue weighted by atomic mass is 9.80. The third-order valence-corrected chi connectivity index (χ3v) is 5.34. The normalized spacial score (nSPS) is 25.8. The van der Waals surface area contributed by atoms with Crippen molar-refractivity contribution in [2.24, 2.45) is 11.1 Å². The second-order valence-corrected chi connectivity index (χ2v) is 6.97. The highest BCUT2D eigenvalue weighted by Gasteiger charge is 2.37. The number of halogens is 1. The molecule has 0 radical (unpaired) electrons. The Balaban J connectivity index is 1.57. The number of rotatable bonds is 5. The summed E-state index contributed by atoms with van der Waals surface area (Å²) >= 11 is 0. The van der Waals surface area contributed by atoms with Crippen molar-refractivity contribution in [3.63, 3.8) is 0 Å². The molecule has 3 nitrogen and oxygen atoms in total. The van der Waals surface area contributed by atoms with Crippen LogP contribution in [0.2, 0.25) is 0 Å². The third kappa shape index (κ3) is 3.74. The van der Waals surface area contributed by atoms with Gasteiger partial charge in [0.25, 0.3) is 0 Å². The fraction of sp³-hybridized carbons (Fsp3) is 0.381. The summed E-state index contributed by atoms with van der Waals surface area (Å²) in [7, 11) is 0. The Morgan fingerprint density at radius 3 is 2.40 bits per heavy atom. The van der Waals surface area contributed by atoms with Gasteiger partial charge < -0.3 is 4.84 Å². The number of benzene rings is 2. The van der Waals surface area contributed by atoms with E-state index in [0.29, 0.717) is 6.61 Å². The van der Waals surface area contributed by atoms with Gasteiger partial charge in [-0.05, 0) is 56.0 Å². The molecule has 0 aliphatic carbocycles. The first kappa shape index (κ1) is 16.3. The summed E-state index contributed by atoms with van der Waals surface area (Å²) in [6.45, 7) is 2.68. The van der Waals surface area contributed by atoms with Crippen LogP contribution in [0.3, 0.4) is 0 Å². The molecule has 0 saturated carbocycles. The smallest absolute Gasteiger partial charge is 0.142 e. The second-order valence-electron chi connectivity index (χ2n) is 6.97. The van der Waals surface area contributed by atoms with Gasteiger partial charge in [-0.25, -0.2) is 4.39 Å². The topological polar surface area (TPSA) is 24.8 Å². The Bertz CT molecular complexity index is 721. The second kappa shape index (κ2) is 7.36. The van der Waals surface area contributed by atoms with Crippen LogP contribution < -0.4 is 0 Å². The van der Waals surface area contributed by atoms with Crippen LogP contribution in [0.1, 0.15) is 30.4 Å². The number of fused-ring (bicyclic) bond motifs is 3. The molecule has 25 heavy (non-hydrogen) atoms. The summed E-state index contributed by atoms with van der Waals surface area (Å²) < 4.78 is 13.3. The minimum Gasteiger partial charge on any atom is -0.391 e. The van der Waals surface area contributed by atoms with Gasteiger partial charge in [-0.15, -0.1) is 0 Å². The summed E-state index contributed by atoms with van der Waals surface area (Å²) in [5.41, 5.74) is 2.97. The zero-order valence-electron chi connectivity index (χ0n) is 14.3. The lowest BCUT2D eigenvalue weighted by Crippen LogP contribution is -2.52. The molecular weight excluding hydrogens is 315 g/mol. The summed E-state index contributed by atoms with van der Waals surface area (Å²) in [4.78, 5) is 8.19. The van der Waals surface area contributed by atoms with Crippen LogP contribution >= 0.6 is 0 Å². The maximum atomic E-state index is 13.3. The molecule has 2 aromatic rings.